The van der Waals surface area contributed by atoms with Crippen molar-refractivity contribution in [1.29, 1.82) is 0 Å². The van der Waals surface area contributed by atoms with Gasteiger partial charge in [0.2, 0.25) is 0 Å². The fourth-order valence-corrected chi connectivity index (χ4v) is 1.66. The third-order valence-corrected chi connectivity index (χ3v) is 2.66. The van der Waals surface area contributed by atoms with Crippen LogP contribution in [0.1, 0.15) is 19.4 Å². The number of hydrogen-bond acceptors (Lipinski definition) is 3. The van der Waals surface area contributed by atoms with Crippen molar-refractivity contribution in [1.82, 2.24) is 4.98 Å². The minimum Gasteiger partial charge on any atom is -0.493 e. The maximum absolute atomic E-state index is 5.71. The van der Waals surface area contributed by atoms with E-state index >= 15 is 0 Å². The van der Waals surface area contributed by atoms with Crippen LogP contribution in [-0.4, -0.2) is 11.6 Å². The lowest BCUT2D eigenvalue weighted by atomic mass is 10.2. The molecule has 0 spiro atoms. The third kappa shape index (κ3) is 4.62. The number of benzene rings is 1. The predicted molar refractivity (Wildman–Crippen MR) is 78.3 cm³/mol. The first-order valence-corrected chi connectivity index (χ1v) is 6.59. The molecule has 100 valence electrons. The summed E-state index contributed by atoms with van der Waals surface area (Å²) in [6.45, 7) is 5.82. The van der Waals surface area contributed by atoms with Gasteiger partial charge in [0.05, 0.1) is 6.61 Å². The molecule has 3 heteroatoms. The van der Waals surface area contributed by atoms with Gasteiger partial charge in [-0.15, -0.1) is 0 Å². The van der Waals surface area contributed by atoms with Gasteiger partial charge >= 0.3 is 0 Å². The van der Waals surface area contributed by atoms with Crippen LogP contribution in [0.15, 0.2) is 48.8 Å². The van der Waals surface area contributed by atoms with Crippen molar-refractivity contribution >= 4 is 5.69 Å². The number of pyridine rings is 1. The Hall–Kier alpha value is -2.03. The molecule has 1 aromatic heterocycles. The van der Waals surface area contributed by atoms with Gasteiger partial charge < -0.3 is 10.1 Å². The van der Waals surface area contributed by atoms with Crippen molar-refractivity contribution in [3.05, 3.63) is 54.4 Å². The fourth-order valence-electron chi connectivity index (χ4n) is 1.66. The van der Waals surface area contributed by atoms with Gasteiger partial charge in [-0.3, -0.25) is 4.98 Å². The SMILES string of the molecule is CC(C)COc1cccc(NCc2ccncc2)c1. The van der Waals surface area contributed by atoms with Gasteiger partial charge in [-0.05, 0) is 35.7 Å². The van der Waals surface area contributed by atoms with Gasteiger partial charge in [0, 0.05) is 30.7 Å². The van der Waals surface area contributed by atoms with Crippen LogP contribution in [0.2, 0.25) is 0 Å². The van der Waals surface area contributed by atoms with E-state index in [0.29, 0.717) is 5.92 Å². The molecule has 0 aliphatic rings. The zero-order valence-electron chi connectivity index (χ0n) is 11.5. The second-order valence-electron chi connectivity index (χ2n) is 4.94. The summed E-state index contributed by atoms with van der Waals surface area (Å²) in [5.74, 6) is 1.45. The third-order valence-electron chi connectivity index (χ3n) is 2.66. The highest BCUT2D eigenvalue weighted by molar-refractivity contribution is 5.48. The minimum absolute atomic E-state index is 0.536. The molecule has 1 N–H and O–H groups in total. The molecule has 0 saturated heterocycles. The lowest BCUT2D eigenvalue weighted by Crippen LogP contribution is -2.05. The predicted octanol–water partition coefficient (Wildman–Crippen LogP) is 3.73. The summed E-state index contributed by atoms with van der Waals surface area (Å²) in [5, 5.41) is 3.38. The first kappa shape index (κ1) is 13.4. The number of ether oxygens (including phenoxy) is 1. The Kier molecular flexibility index (Phi) is 4.78. The highest BCUT2D eigenvalue weighted by Crippen LogP contribution is 2.18. The molecular weight excluding hydrogens is 236 g/mol. The summed E-state index contributed by atoms with van der Waals surface area (Å²) in [5.41, 5.74) is 2.28. The number of hydrogen-bond donors (Lipinski definition) is 1. The zero-order valence-corrected chi connectivity index (χ0v) is 11.5. The molecule has 0 bridgehead atoms. The van der Waals surface area contributed by atoms with Crippen LogP contribution in [0.5, 0.6) is 5.75 Å². The number of aromatic nitrogens is 1. The molecule has 2 aromatic rings. The number of nitrogens with zero attached hydrogens (tertiary/aromatic N) is 1. The molecule has 0 atom stereocenters. The molecular formula is C16H20N2O. The normalized spacial score (nSPS) is 10.5. The Morgan fingerprint density at radius 3 is 2.68 bits per heavy atom. The number of nitrogens with one attached hydrogen (secondary N) is 1. The van der Waals surface area contributed by atoms with E-state index in [1.807, 2.05) is 36.4 Å². The van der Waals surface area contributed by atoms with Gasteiger partial charge in [-0.1, -0.05) is 19.9 Å². The van der Waals surface area contributed by atoms with E-state index in [0.717, 1.165) is 24.6 Å². The average Bonchev–Trinajstić information content (AvgIpc) is 2.44. The summed E-state index contributed by atoms with van der Waals surface area (Å²) < 4.78 is 5.71. The number of rotatable bonds is 6. The monoisotopic (exact) mass is 256 g/mol. The van der Waals surface area contributed by atoms with Crippen molar-refractivity contribution in [2.24, 2.45) is 5.92 Å². The van der Waals surface area contributed by atoms with E-state index in [-0.39, 0.29) is 0 Å². The average molecular weight is 256 g/mol. The van der Waals surface area contributed by atoms with E-state index in [2.05, 4.69) is 24.1 Å². The van der Waals surface area contributed by atoms with Crippen LogP contribution >= 0.6 is 0 Å². The van der Waals surface area contributed by atoms with E-state index in [1.54, 1.807) is 12.4 Å². The van der Waals surface area contributed by atoms with E-state index in [4.69, 9.17) is 4.74 Å². The fraction of sp³-hybridized carbons (Fsp3) is 0.312. The summed E-state index contributed by atoms with van der Waals surface area (Å²) in [4.78, 5) is 4.01. The minimum atomic E-state index is 0.536. The zero-order chi connectivity index (χ0) is 13.5. The van der Waals surface area contributed by atoms with E-state index < -0.39 is 0 Å². The van der Waals surface area contributed by atoms with Crippen LogP contribution in [0.3, 0.4) is 0 Å². The Balaban J connectivity index is 1.91. The summed E-state index contributed by atoms with van der Waals surface area (Å²) in [6.07, 6.45) is 3.61. The quantitative estimate of drug-likeness (QED) is 0.855. The van der Waals surface area contributed by atoms with Gasteiger partial charge in [0.15, 0.2) is 0 Å². The molecule has 0 amide bonds. The largest absolute Gasteiger partial charge is 0.493 e. The number of anilines is 1. The lowest BCUT2D eigenvalue weighted by molar-refractivity contribution is 0.271. The first-order chi connectivity index (χ1) is 9.24. The summed E-state index contributed by atoms with van der Waals surface area (Å²) in [7, 11) is 0. The Bertz CT molecular complexity index is 497. The summed E-state index contributed by atoms with van der Waals surface area (Å²) in [6, 6.07) is 12.1. The molecule has 0 radical (unpaired) electrons. The smallest absolute Gasteiger partial charge is 0.121 e. The molecule has 1 aromatic carbocycles. The Morgan fingerprint density at radius 2 is 1.95 bits per heavy atom. The molecule has 1 heterocycles. The lowest BCUT2D eigenvalue weighted by Gasteiger charge is -2.11. The van der Waals surface area contributed by atoms with E-state index in [9.17, 15) is 0 Å². The van der Waals surface area contributed by atoms with Gasteiger partial charge in [-0.2, -0.15) is 0 Å². The molecule has 0 aliphatic carbocycles. The van der Waals surface area contributed by atoms with Crippen LogP contribution in [-0.2, 0) is 6.54 Å². The highest BCUT2D eigenvalue weighted by Gasteiger charge is 1.99. The molecule has 0 unspecified atom stereocenters. The molecule has 0 aliphatic heterocycles. The molecule has 0 saturated carbocycles. The van der Waals surface area contributed by atoms with Crippen molar-refractivity contribution in [2.75, 3.05) is 11.9 Å². The standard InChI is InChI=1S/C16H20N2O/c1-13(2)12-19-16-5-3-4-15(10-16)18-11-14-6-8-17-9-7-14/h3-10,13,18H,11-12H2,1-2H3. The second-order valence-corrected chi connectivity index (χ2v) is 4.94. The molecule has 2 rings (SSSR count). The maximum atomic E-state index is 5.71. The van der Waals surface area contributed by atoms with Gasteiger partial charge in [0.1, 0.15) is 5.75 Å². The van der Waals surface area contributed by atoms with Crippen LogP contribution < -0.4 is 10.1 Å². The van der Waals surface area contributed by atoms with E-state index in [1.165, 1.54) is 5.56 Å². The van der Waals surface area contributed by atoms with Crippen molar-refractivity contribution < 1.29 is 4.74 Å². The second kappa shape index (κ2) is 6.78. The van der Waals surface area contributed by atoms with Crippen LogP contribution in [0.4, 0.5) is 5.69 Å². The van der Waals surface area contributed by atoms with Crippen molar-refractivity contribution in [3.8, 4) is 5.75 Å². The Morgan fingerprint density at radius 1 is 1.16 bits per heavy atom. The first-order valence-electron chi connectivity index (χ1n) is 6.59. The van der Waals surface area contributed by atoms with Crippen molar-refractivity contribution in [2.45, 2.75) is 20.4 Å². The van der Waals surface area contributed by atoms with Crippen LogP contribution in [0, 0.1) is 5.92 Å². The van der Waals surface area contributed by atoms with Crippen molar-refractivity contribution in [3.63, 3.8) is 0 Å². The maximum Gasteiger partial charge on any atom is 0.121 e. The Labute approximate surface area is 114 Å². The topological polar surface area (TPSA) is 34.1 Å². The molecule has 3 nitrogen and oxygen atoms in total. The van der Waals surface area contributed by atoms with Gasteiger partial charge in [0.25, 0.3) is 0 Å². The molecule has 19 heavy (non-hydrogen) atoms. The summed E-state index contributed by atoms with van der Waals surface area (Å²) >= 11 is 0. The molecule has 0 fully saturated rings. The highest BCUT2D eigenvalue weighted by atomic mass is 16.5. The van der Waals surface area contributed by atoms with Gasteiger partial charge in [-0.25, -0.2) is 0 Å². The van der Waals surface area contributed by atoms with Crippen LogP contribution in [0.25, 0.3) is 0 Å².